The predicted molar refractivity (Wildman–Crippen MR) is 103 cm³/mol. The van der Waals surface area contributed by atoms with Gasteiger partial charge in [-0.25, -0.2) is 0 Å². The number of hydrogen-bond acceptors (Lipinski definition) is 5. The molecule has 0 aliphatic carbocycles. The summed E-state index contributed by atoms with van der Waals surface area (Å²) in [5, 5.41) is 2.84. The van der Waals surface area contributed by atoms with E-state index in [4.69, 9.17) is 4.74 Å². The zero-order chi connectivity index (χ0) is 19.1. The third-order valence-corrected chi connectivity index (χ3v) is 4.33. The van der Waals surface area contributed by atoms with Crippen LogP contribution in [0.5, 0.6) is 5.75 Å². The van der Waals surface area contributed by atoms with E-state index in [1.165, 1.54) is 0 Å². The average Bonchev–Trinajstić information content (AvgIpc) is 2.60. The molecule has 0 saturated carbocycles. The Morgan fingerprint density at radius 2 is 1.81 bits per heavy atom. The lowest BCUT2D eigenvalue weighted by Gasteiger charge is -2.37. The SMILES string of the molecule is COc1ccccc1N1CCN(C(=O)CN(C)CC(=O)NC(C)C)CC1. The van der Waals surface area contributed by atoms with E-state index in [0.29, 0.717) is 13.1 Å². The van der Waals surface area contributed by atoms with E-state index in [9.17, 15) is 9.59 Å². The van der Waals surface area contributed by atoms with E-state index in [2.05, 4.69) is 10.2 Å². The van der Waals surface area contributed by atoms with Crippen LogP contribution in [0.4, 0.5) is 5.69 Å². The highest BCUT2D eigenvalue weighted by atomic mass is 16.5. The van der Waals surface area contributed by atoms with Gasteiger partial charge in [0, 0.05) is 32.2 Å². The number of nitrogens with zero attached hydrogens (tertiary/aromatic N) is 3. The van der Waals surface area contributed by atoms with Gasteiger partial charge in [-0.3, -0.25) is 14.5 Å². The summed E-state index contributed by atoms with van der Waals surface area (Å²) >= 11 is 0. The predicted octanol–water partition coefficient (Wildman–Crippen LogP) is 0.800. The van der Waals surface area contributed by atoms with Crippen LogP contribution in [0, 0.1) is 0 Å². The lowest BCUT2D eigenvalue weighted by atomic mass is 10.2. The summed E-state index contributed by atoms with van der Waals surface area (Å²) in [7, 11) is 3.47. The van der Waals surface area contributed by atoms with Crippen LogP contribution in [0.25, 0.3) is 0 Å². The number of methoxy groups -OCH3 is 1. The fourth-order valence-corrected chi connectivity index (χ4v) is 3.09. The average molecular weight is 362 g/mol. The van der Waals surface area contributed by atoms with Gasteiger partial charge < -0.3 is 19.9 Å². The largest absolute Gasteiger partial charge is 0.495 e. The van der Waals surface area contributed by atoms with Crippen LogP contribution in [0.2, 0.25) is 0 Å². The van der Waals surface area contributed by atoms with Gasteiger partial charge in [-0.05, 0) is 33.0 Å². The molecule has 7 heteroatoms. The Hall–Kier alpha value is -2.28. The van der Waals surface area contributed by atoms with Crippen LogP contribution >= 0.6 is 0 Å². The van der Waals surface area contributed by atoms with Gasteiger partial charge in [0.1, 0.15) is 5.75 Å². The van der Waals surface area contributed by atoms with Gasteiger partial charge in [-0.2, -0.15) is 0 Å². The molecule has 0 radical (unpaired) electrons. The van der Waals surface area contributed by atoms with Crippen molar-refractivity contribution in [3.8, 4) is 5.75 Å². The summed E-state index contributed by atoms with van der Waals surface area (Å²) in [6.45, 7) is 7.19. The Kier molecular flexibility index (Phi) is 7.26. The number of carbonyl (C=O) groups excluding carboxylic acids is 2. The maximum atomic E-state index is 12.5. The number of benzene rings is 1. The minimum absolute atomic E-state index is 0.0590. The molecule has 1 N–H and O–H groups in total. The van der Waals surface area contributed by atoms with Gasteiger partial charge in [0.05, 0.1) is 25.9 Å². The molecule has 1 aromatic carbocycles. The summed E-state index contributed by atoms with van der Waals surface area (Å²) in [4.78, 5) is 30.1. The Morgan fingerprint density at radius 3 is 2.42 bits per heavy atom. The molecular weight excluding hydrogens is 332 g/mol. The molecule has 2 rings (SSSR count). The van der Waals surface area contributed by atoms with Crippen LogP contribution < -0.4 is 15.0 Å². The molecule has 2 amide bonds. The number of anilines is 1. The van der Waals surface area contributed by atoms with Crippen LogP contribution in [-0.4, -0.2) is 81.1 Å². The molecule has 0 unspecified atom stereocenters. The molecule has 1 heterocycles. The fraction of sp³-hybridized carbons (Fsp3) is 0.579. The van der Waals surface area contributed by atoms with E-state index in [1.807, 2.05) is 43.0 Å². The molecule has 144 valence electrons. The smallest absolute Gasteiger partial charge is 0.236 e. The monoisotopic (exact) mass is 362 g/mol. The quantitative estimate of drug-likeness (QED) is 0.777. The first-order valence-corrected chi connectivity index (χ1v) is 9.04. The number of hydrogen-bond donors (Lipinski definition) is 1. The number of piperazine rings is 1. The van der Waals surface area contributed by atoms with Crippen molar-refractivity contribution in [2.45, 2.75) is 19.9 Å². The first-order chi connectivity index (χ1) is 12.4. The standard InChI is InChI=1S/C19H30N4O3/c1-15(2)20-18(24)13-21(3)14-19(25)23-11-9-22(10-12-23)16-7-5-6-8-17(16)26-4/h5-8,15H,9-14H2,1-4H3,(H,20,24). The second-order valence-corrected chi connectivity index (χ2v) is 6.93. The minimum atomic E-state index is -0.0590. The van der Waals surface area contributed by atoms with Gasteiger partial charge >= 0.3 is 0 Å². The Balaban J connectivity index is 1.81. The van der Waals surface area contributed by atoms with Crippen molar-refractivity contribution in [3.63, 3.8) is 0 Å². The Labute approximate surface area is 155 Å². The molecular formula is C19H30N4O3. The van der Waals surface area contributed by atoms with Crippen molar-refractivity contribution in [2.75, 3.05) is 58.3 Å². The van der Waals surface area contributed by atoms with Crippen LogP contribution in [0.15, 0.2) is 24.3 Å². The van der Waals surface area contributed by atoms with Crippen molar-refractivity contribution >= 4 is 17.5 Å². The van der Waals surface area contributed by atoms with E-state index < -0.39 is 0 Å². The molecule has 1 aliphatic heterocycles. The Morgan fingerprint density at radius 1 is 1.15 bits per heavy atom. The van der Waals surface area contributed by atoms with Crippen LogP contribution in [-0.2, 0) is 9.59 Å². The molecule has 0 spiro atoms. The van der Waals surface area contributed by atoms with Crippen molar-refractivity contribution in [2.24, 2.45) is 0 Å². The third-order valence-electron chi connectivity index (χ3n) is 4.33. The zero-order valence-electron chi connectivity index (χ0n) is 16.2. The van der Waals surface area contributed by atoms with Gasteiger partial charge in [0.2, 0.25) is 11.8 Å². The first-order valence-electron chi connectivity index (χ1n) is 9.04. The molecule has 1 saturated heterocycles. The third kappa shape index (κ3) is 5.62. The highest BCUT2D eigenvalue weighted by Gasteiger charge is 2.23. The van der Waals surface area contributed by atoms with Crippen LogP contribution in [0.3, 0.4) is 0 Å². The number of carbonyl (C=O) groups is 2. The number of rotatable bonds is 7. The maximum absolute atomic E-state index is 12.5. The second kappa shape index (κ2) is 9.43. The van der Waals surface area contributed by atoms with E-state index in [-0.39, 0.29) is 30.9 Å². The summed E-state index contributed by atoms with van der Waals surface area (Å²) < 4.78 is 5.42. The van der Waals surface area contributed by atoms with Gasteiger partial charge in [0.25, 0.3) is 0 Å². The van der Waals surface area contributed by atoms with Gasteiger partial charge in [0.15, 0.2) is 0 Å². The number of para-hydroxylation sites is 2. The lowest BCUT2D eigenvalue weighted by Crippen LogP contribution is -2.51. The normalized spacial score (nSPS) is 14.7. The lowest BCUT2D eigenvalue weighted by molar-refractivity contribution is -0.133. The Bertz CT molecular complexity index is 613. The maximum Gasteiger partial charge on any atom is 0.236 e. The molecule has 0 atom stereocenters. The molecule has 0 bridgehead atoms. The number of amides is 2. The zero-order valence-corrected chi connectivity index (χ0v) is 16.2. The van der Waals surface area contributed by atoms with Gasteiger partial charge in [-0.15, -0.1) is 0 Å². The van der Waals surface area contributed by atoms with Crippen LogP contribution in [0.1, 0.15) is 13.8 Å². The summed E-state index contributed by atoms with van der Waals surface area (Å²) in [6, 6.07) is 8.04. The number of ether oxygens (including phenoxy) is 1. The van der Waals surface area contributed by atoms with Crippen molar-refractivity contribution in [1.82, 2.24) is 15.1 Å². The molecule has 1 fully saturated rings. The fourth-order valence-electron chi connectivity index (χ4n) is 3.09. The van der Waals surface area contributed by atoms with E-state index in [0.717, 1.165) is 24.5 Å². The number of nitrogens with one attached hydrogen (secondary N) is 1. The van der Waals surface area contributed by atoms with Gasteiger partial charge in [-0.1, -0.05) is 12.1 Å². The van der Waals surface area contributed by atoms with Crippen molar-refractivity contribution < 1.29 is 14.3 Å². The van der Waals surface area contributed by atoms with E-state index >= 15 is 0 Å². The molecule has 26 heavy (non-hydrogen) atoms. The van der Waals surface area contributed by atoms with Crippen molar-refractivity contribution in [1.29, 1.82) is 0 Å². The first kappa shape index (κ1) is 20.0. The topological polar surface area (TPSA) is 65.1 Å². The molecule has 1 aromatic rings. The summed E-state index contributed by atoms with van der Waals surface area (Å²) in [6.07, 6.45) is 0. The van der Waals surface area contributed by atoms with Crippen molar-refractivity contribution in [3.05, 3.63) is 24.3 Å². The molecule has 0 aromatic heterocycles. The summed E-state index contributed by atoms with van der Waals surface area (Å²) in [5.41, 5.74) is 1.06. The highest BCUT2D eigenvalue weighted by molar-refractivity contribution is 5.81. The molecule has 7 nitrogen and oxygen atoms in total. The molecule has 1 aliphatic rings. The van der Waals surface area contributed by atoms with E-state index in [1.54, 1.807) is 19.1 Å². The minimum Gasteiger partial charge on any atom is -0.495 e. The summed E-state index contributed by atoms with van der Waals surface area (Å²) in [5.74, 6) is 0.851. The highest BCUT2D eigenvalue weighted by Crippen LogP contribution is 2.28. The second-order valence-electron chi connectivity index (χ2n) is 6.93. The number of likely N-dealkylation sites (N-methyl/N-ethyl adjacent to an activating group) is 1.